The zero-order valence-corrected chi connectivity index (χ0v) is 9.90. The van der Waals surface area contributed by atoms with Crippen molar-refractivity contribution in [2.24, 2.45) is 0 Å². The molecule has 0 aromatic carbocycles. The van der Waals surface area contributed by atoms with Gasteiger partial charge < -0.3 is 5.32 Å². The number of alkyl halides is 2. The maximum absolute atomic E-state index is 12.8. The highest BCUT2D eigenvalue weighted by Crippen LogP contribution is 2.40. The van der Waals surface area contributed by atoms with Crippen molar-refractivity contribution in [2.75, 3.05) is 6.54 Å². The van der Waals surface area contributed by atoms with Gasteiger partial charge in [-0.2, -0.15) is 5.10 Å². The molecule has 4 nitrogen and oxygen atoms in total. The first-order valence-electron chi connectivity index (χ1n) is 5.85. The molecule has 0 unspecified atom stereocenters. The fraction of sp³-hybridized carbons (Fsp3) is 0.500. The molecule has 1 aromatic heterocycles. The Hall–Kier alpha value is -1.72. The molecule has 1 amide bonds. The lowest BCUT2D eigenvalue weighted by Crippen LogP contribution is -2.28. The average molecular weight is 255 g/mol. The van der Waals surface area contributed by atoms with Crippen molar-refractivity contribution in [1.82, 2.24) is 15.1 Å². The number of hydrogen-bond donors (Lipinski definition) is 1. The van der Waals surface area contributed by atoms with Crippen molar-refractivity contribution >= 4 is 5.91 Å². The first-order chi connectivity index (χ1) is 8.61. The molecule has 1 aliphatic rings. The van der Waals surface area contributed by atoms with Crippen molar-refractivity contribution in [2.45, 2.75) is 31.7 Å². The van der Waals surface area contributed by atoms with Gasteiger partial charge in [0.15, 0.2) is 0 Å². The molecule has 1 aliphatic carbocycles. The molecule has 0 saturated heterocycles. The minimum atomic E-state index is -2.61. The van der Waals surface area contributed by atoms with Crippen LogP contribution in [0.5, 0.6) is 0 Å². The molecule has 1 aromatic rings. The van der Waals surface area contributed by atoms with Gasteiger partial charge in [0.05, 0.1) is 5.69 Å². The Bertz CT molecular complexity index is 452. The topological polar surface area (TPSA) is 46.9 Å². The number of hydrogen-bond acceptors (Lipinski definition) is 2. The molecule has 6 heteroatoms. The zero-order valence-electron chi connectivity index (χ0n) is 9.90. The highest BCUT2D eigenvalue weighted by atomic mass is 19.3. The van der Waals surface area contributed by atoms with Gasteiger partial charge in [-0.25, -0.2) is 8.78 Å². The number of amides is 1. The van der Waals surface area contributed by atoms with Crippen molar-refractivity contribution < 1.29 is 13.6 Å². The van der Waals surface area contributed by atoms with E-state index in [0.29, 0.717) is 18.2 Å². The van der Waals surface area contributed by atoms with Gasteiger partial charge in [0.1, 0.15) is 12.2 Å². The Morgan fingerprint density at radius 3 is 2.94 bits per heavy atom. The Labute approximate surface area is 104 Å². The molecule has 1 saturated carbocycles. The molecule has 0 radical (unpaired) electrons. The smallest absolute Gasteiger partial charge is 0.280 e. The van der Waals surface area contributed by atoms with Crippen molar-refractivity contribution in [1.29, 1.82) is 0 Å². The van der Waals surface area contributed by atoms with Gasteiger partial charge >= 0.3 is 0 Å². The molecular weight excluding hydrogens is 240 g/mol. The summed E-state index contributed by atoms with van der Waals surface area (Å²) in [6, 6.07) is 1.41. The van der Waals surface area contributed by atoms with Gasteiger partial charge in [-0.3, -0.25) is 9.48 Å². The van der Waals surface area contributed by atoms with Gasteiger partial charge in [0.2, 0.25) is 5.91 Å². The normalized spacial score (nSPS) is 14.8. The molecule has 2 rings (SSSR count). The van der Waals surface area contributed by atoms with Crippen LogP contribution in [-0.4, -0.2) is 22.2 Å². The van der Waals surface area contributed by atoms with Crippen LogP contribution in [0.15, 0.2) is 18.7 Å². The number of halogens is 2. The number of aromatic nitrogens is 2. The summed E-state index contributed by atoms with van der Waals surface area (Å²) >= 11 is 0. The highest BCUT2D eigenvalue weighted by molar-refractivity contribution is 5.75. The third-order valence-corrected chi connectivity index (χ3v) is 2.79. The van der Waals surface area contributed by atoms with E-state index in [2.05, 4.69) is 17.0 Å². The summed E-state index contributed by atoms with van der Waals surface area (Å²) in [7, 11) is 0. The van der Waals surface area contributed by atoms with Gasteiger partial charge in [-0.05, 0) is 18.9 Å². The van der Waals surface area contributed by atoms with Gasteiger partial charge in [-0.1, -0.05) is 6.08 Å². The van der Waals surface area contributed by atoms with E-state index in [1.165, 1.54) is 12.1 Å². The number of carbonyl (C=O) groups excluding carboxylic acids is 1. The summed E-state index contributed by atoms with van der Waals surface area (Å²) in [6.45, 7) is 3.60. The lowest BCUT2D eigenvalue weighted by atomic mass is 10.3. The van der Waals surface area contributed by atoms with Crippen molar-refractivity contribution in [3.63, 3.8) is 0 Å². The fourth-order valence-electron chi connectivity index (χ4n) is 1.71. The van der Waals surface area contributed by atoms with Crippen molar-refractivity contribution in [3.8, 4) is 0 Å². The lowest BCUT2D eigenvalue weighted by molar-refractivity contribution is -0.121. The Balaban J connectivity index is 2.09. The van der Waals surface area contributed by atoms with E-state index in [1.807, 2.05) is 0 Å². The van der Waals surface area contributed by atoms with Crippen LogP contribution >= 0.6 is 0 Å². The average Bonchev–Trinajstić information content (AvgIpc) is 3.08. The van der Waals surface area contributed by atoms with Crippen LogP contribution < -0.4 is 5.32 Å². The molecule has 98 valence electrons. The summed E-state index contributed by atoms with van der Waals surface area (Å²) in [6.07, 6.45) is 0.896. The van der Waals surface area contributed by atoms with E-state index in [4.69, 9.17) is 0 Å². The Kier molecular flexibility index (Phi) is 3.74. The molecule has 1 heterocycles. The second kappa shape index (κ2) is 5.29. The van der Waals surface area contributed by atoms with Crippen LogP contribution in [0, 0.1) is 0 Å². The first kappa shape index (κ1) is 12.7. The summed E-state index contributed by atoms with van der Waals surface area (Å²) in [5.41, 5.74) is 0.479. The van der Waals surface area contributed by atoms with E-state index >= 15 is 0 Å². The largest absolute Gasteiger partial charge is 0.351 e. The van der Waals surface area contributed by atoms with E-state index in [-0.39, 0.29) is 18.1 Å². The predicted molar refractivity (Wildman–Crippen MR) is 62.4 cm³/mol. The van der Waals surface area contributed by atoms with E-state index in [1.54, 1.807) is 0 Å². The van der Waals surface area contributed by atoms with Crippen LogP contribution in [-0.2, 0) is 11.3 Å². The van der Waals surface area contributed by atoms with Crippen molar-refractivity contribution in [3.05, 3.63) is 30.1 Å². The molecule has 0 bridgehead atoms. The number of carbonyl (C=O) groups is 1. The lowest BCUT2D eigenvalue weighted by Gasteiger charge is -2.06. The summed E-state index contributed by atoms with van der Waals surface area (Å²) in [4.78, 5) is 11.5. The molecule has 0 spiro atoms. The third-order valence-electron chi connectivity index (χ3n) is 2.79. The van der Waals surface area contributed by atoms with Gasteiger partial charge in [0.25, 0.3) is 6.43 Å². The van der Waals surface area contributed by atoms with E-state index in [0.717, 1.165) is 17.5 Å². The number of rotatable bonds is 6. The third kappa shape index (κ3) is 2.94. The fourth-order valence-corrected chi connectivity index (χ4v) is 1.71. The summed E-state index contributed by atoms with van der Waals surface area (Å²) in [5.74, 6) is -0.0535. The maximum atomic E-state index is 12.8. The zero-order chi connectivity index (χ0) is 13.1. The minimum Gasteiger partial charge on any atom is -0.351 e. The second-order valence-corrected chi connectivity index (χ2v) is 4.32. The van der Waals surface area contributed by atoms with Crippen LogP contribution in [0.25, 0.3) is 0 Å². The number of nitrogens with one attached hydrogen (secondary N) is 1. The molecule has 1 fully saturated rings. The van der Waals surface area contributed by atoms with E-state index < -0.39 is 6.43 Å². The summed E-state index contributed by atoms with van der Waals surface area (Å²) < 4.78 is 26.7. The molecule has 18 heavy (non-hydrogen) atoms. The van der Waals surface area contributed by atoms with Crippen LogP contribution in [0.4, 0.5) is 8.78 Å². The Morgan fingerprint density at radius 1 is 1.67 bits per heavy atom. The van der Waals surface area contributed by atoms with Crippen LogP contribution in [0.1, 0.15) is 36.6 Å². The maximum Gasteiger partial charge on any atom is 0.280 e. The SMILES string of the molecule is C=CCNC(=O)Cn1nc(C2CC2)cc1C(F)F. The standard InChI is InChI=1S/C12H15F2N3O/c1-2-5-15-11(18)7-17-10(12(13)14)6-9(16-17)8-3-4-8/h2,6,8,12H,1,3-5,7H2,(H,15,18). The molecule has 0 atom stereocenters. The number of nitrogens with zero attached hydrogens (tertiary/aromatic N) is 2. The highest BCUT2D eigenvalue weighted by Gasteiger charge is 2.29. The second-order valence-electron chi connectivity index (χ2n) is 4.32. The molecule has 0 aliphatic heterocycles. The summed E-state index contributed by atoms with van der Waals surface area (Å²) in [5, 5.41) is 6.63. The minimum absolute atomic E-state index is 0.180. The monoisotopic (exact) mass is 255 g/mol. The first-order valence-corrected chi connectivity index (χ1v) is 5.85. The molecular formula is C12H15F2N3O. The molecule has 1 N–H and O–H groups in total. The Morgan fingerprint density at radius 2 is 2.39 bits per heavy atom. The quantitative estimate of drug-likeness (QED) is 0.790. The van der Waals surface area contributed by atoms with Gasteiger partial charge in [0, 0.05) is 12.5 Å². The van der Waals surface area contributed by atoms with Crippen LogP contribution in [0.2, 0.25) is 0 Å². The van der Waals surface area contributed by atoms with E-state index in [9.17, 15) is 13.6 Å². The predicted octanol–water partition coefficient (Wildman–Crippen LogP) is 2.00. The van der Waals surface area contributed by atoms with Crippen LogP contribution in [0.3, 0.4) is 0 Å². The van der Waals surface area contributed by atoms with Gasteiger partial charge in [-0.15, -0.1) is 6.58 Å².